The Hall–Kier alpha value is -0.840. The second-order valence-electron chi connectivity index (χ2n) is 5.43. The van der Waals surface area contributed by atoms with Crippen LogP contribution in [0.5, 0.6) is 0 Å². The molecule has 0 aliphatic carbocycles. The summed E-state index contributed by atoms with van der Waals surface area (Å²) in [4.78, 5) is 14.4. The maximum atomic E-state index is 11.4. The number of carbonyl (C=O) groups is 1. The molecule has 1 amide bonds. The number of alkyl carbamates (subject to hydrolysis) is 1. The lowest BCUT2D eigenvalue weighted by atomic mass is 10.2. The van der Waals surface area contributed by atoms with Gasteiger partial charge in [-0.25, -0.2) is 4.79 Å². The summed E-state index contributed by atoms with van der Waals surface area (Å²) in [6.07, 6.45) is 1.94. The molecule has 0 bridgehead atoms. The molecule has 1 fully saturated rings. The molecule has 1 aliphatic rings. The van der Waals surface area contributed by atoms with Crippen LogP contribution in [0.2, 0.25) is 0 Å². The summed E-state index contributed by atoms with van der Waals surface area (Å²) >= 11 is 5.31. The summed E-state index contributed by atoms with van der Waals surface area (Å²) in [6, 6.07) is 0.489. The van der Waals surface area contributed by atoms with E-state index < -0.39 is 11.7 Å². The fourth-order valence-electron chi connectivity index (χ4n) is 1.87. The van der Waals surface area contributed by atoms with Crippen LogP contribution in [0.1, 0.15) is 40.5 Å². The van der Waals surface area contributed by atoms with Crippen LogP contribution >= 0.6 is 12.2 Å². The van der Waals surface area contributed by atoms with Gasteiger partial charge in [-0.1, -0.05) is 12.2 Å². The normalized spacial score (nSPS) is 20.2. The van der Waals surface area contributed by atoms with Gasteiger partial charge in [0.25, 0.3) is 0 Å². The third-order valence-corrected chi connectivity index (χ3v) is 3.04. The Morgan fingerprint density at radius 2 is 2.18 bits per heavy atom. The monoisotopic (exact) mass is 258 g/mol. The molecule has 1 N–H and O–H groups in total. The first kappa shape index (κ1) is 14.2. The molecule has 0 radical (unpaired) electrons. The zero-order chi connectivity index (χ0) is 13.1. The van der Waals surface area contributed by atoms with Gasteiger partial charge in [-0.2, -0.15) is 0 Å². The number of nitrogens with one attached hydrogen (secondary N) is 1. The molecule has 1 saturated heterocycles. The summed E-state index contributed by atoms with van der Waals surface area (Å²) < 4.78 is 5.15. The smallest absolute Gasteiger partial charge is 0.408 e. The van der Waals surface area contributed by atoms with E-state index in [0.29, 0.717) is 12.6 Å². The van der Waals surface area contributed by atoms with Crippen molar-refractivity contribution in [1.82, 2.24) is 10.2 Å². The maximum absolute atomic E-state index is 11.4. The van der Waals surface area contributed by atoms with E-state index in [2.05, 4.69) is 17.1 Å². The topological polar surface area (TPSA) is 41.6 Å². The van der Waals surface area contributed by atoms with Gasteiger partial charge in [0.15, 0.2) is 0 Å². The van der Waals surface area contributed by atoms with Crippen molar-refractivity contribution in [1.29, 1.82) is 0 Å². The molecule has 98 valence electrons. The number of carbonyl (C=O) groups excluding carboxylic acids is 1. The predicted molar refractivity (Wildman–Crippen MR) is 72.2 cm³/mol. The van der Waals surface area contributed by atoms with E-state index in [-0.39, 0.29) is 0 Å². The molecule has 5 heteroatoms. The number of hydrogen-bond donors (Lipinski definition) is 1. The van der Waals surface area contributed by atoms with Crippen molar-refractivity contribution in [3.05, 3.63) is 0 Å². The molecule has 1 atom stereocenters. The molecule has 0 aromatic carbocycles. The van der Waals surface area contributed by atoms with Crippen LogP contribution in [0, 0.1) is 0 Å². The molecule has 0 aromatic rings. The van der Waals surface area contributed by atoms with Crippen LogP contribution < -0.4 is 5.32 Å². The zero-order valence-corrected chi connectivity index (χ0v) is 11.9. The number of thiocarbonyl (C=S) groups is 1. The summed E-state index contributed by atoms with van der Waals surface area (Å²) in [5, 5.41) is 2.69. The zero-order valence-electron chi connectivity index (χ0n) is 11.1. The number of likely N-dealkylation sites (tertiary alicyclic amines) is 1. The Labute approximate surface area is 109 Å². The molecule has 0 aromatic heterocycles. The highest BCUT2D eigenvalue weighted by Gasteiger charge is 2.23. The van der Waals surface area contributed by atoms with Crippen LogP contribution in [-0.2, 0) is 4.74 Å². The summed E-state index contributed by atoms with van der Waals surface area (Å²) in [5.41, 5.74) is -0.466. The molecule has 1 rings (SSSR count). The van der Waals surface area contributed by atoms with E-state index in [4.69, 9.17) is 17.0 Å². The summed E-state index contributed by atoms with van der Waals surface area (Å²) in [5.74, 6) is 0. The molecule has 0 saturated carbocycles. The van der Waals surface area contributed by atoms with Crippen molar-refractivity contribution in [2.45, 2.75) is 52.2 Å². The SMILES string of the molecule is C[C@H]1CCCN1C(=S)CNC(=O)OC(C)(C)C. The van der Waals surface area contributed by atoms with Gasteiger partial charge in [0.1, 0.15) is 5.60 Å². The highest BCUT2D eigenvalue weighted by Crippen LogP contribution is 2.16. The Kier molecular flexibility index (Phi) is 4.74. The predicted octanol–water partition coefficient (Wildman–Crippen LogP) is 2.32. The van der Waals surface area contributed by atoms with Gasteiger partial charge in [0.05, 0.1) is 11.5 Å². The molecular weight excluding hydrogens is 236 g/mol. The van der Waals surface area contributed by atoms with Crippen LogP contribution in [-0.4, -0.2) is 40.7 Å². The number of hydrogen-bond acceptors (Lipinski definition) is 3. The van der Waals surface area contributed by atoms with Crippen LogP contribution in [0.4, 0.5) is 4.79 Å². The quantitative estimate of drug-likeness (QED) is 0.772. The van der Waals surface area contributed by atoms with Crippen LogP contribution in [0.25, 0.3) is 0 Å². The van der Waals surface area contributed by atoms with Crippen molar-refractivity contribution in [3.8, 4) is 0 Å². The number of rotatable bonds is 2. The van der Waals surface area contributed by atoms with Gasteiger partial charge in [-0.3, -0.25) is 0 Å². The molecule has 1 aliphatic heterocycles. The first-order valence-corrected chi connectivity index (χ1v) is 6.47. The lowest BCUT2D eigenvalue weighted by molar-refractivity contribution is 0.0535. The van der Waals surface area contributed by atoms with Crippen molar-refractivity contribution in [2.24, 2.45) is 0 Å². The van der Waals surface area contributed by atoms with E-state index in [0.717, 1.165) is 11.5 Å². The minimum Gasteiger partial charge on any atom is -0.444 e. The van der Waals surface area contributed by atoms with Gasteiger partial charge < -0.3 is 15.0 Å². The van der Waals surface area contributed by atoms with E-state index >= 15 is 0 Å². The third-order valence-electron chi connectivity index (χ3n) is 2.66. The Morgan fingerprint density at radius 1 is 1.53 bits per heavy atom. The molecule has 0 spiro atoms. The highest BCUT2D eigenvalue weighted by atomic mass is 32.1. The first-order valence-electron chi connectivity index (χ1n) is 6.06. The molecule has 0 unspecified atom stereocenters. The molecular formula is C12H22N2O2S. The second-order valence-corrected chi connectivity index (χ2v) is 5.91. The minimum absolute atomic E-state index is 0.384. The molecule has 1 heterocycles. The van der Waals surface area contributed by atoms with Gasteiger partial charge >= 0.3 is 6.09 Å². The summed E-state index contributed by atoms with van der Waals surface area (Å²) in [6.45, 7) is 9.06. The van der Waals surface area contributed by atoms with Crippen molar-refractivity contribution >= 4 is 23.3 Å². The Bertz CT molecular complexity index is 299. The standard InChI is InChI=1S/C12H22N2O2S/c1-9-6-5-7-14(9)10(17)8-13-11(15)16-12(2,3)4/h9H,5-8H2,1-4H3,(H,13,15)/t9-/m0/s1. The Balaban J connectivity index is 2.31. The fourth-order valence-corrected chi connectivity index (χ4v) is 2.21. The van der Waals surface area contributed by atoms with E-state index in [9.17, 15) is 4.79 Å². The number of ether oxygens (including phenoxy) is 1. The van der Waals surface area contributed by atoms with Crippen LogP contribution in [0.3, 0.4) is 0 Å². The highest BCUT2D eigenvalue weighted by molar-refractivity contribution is 7.80. The Morgan fingerprint density at radius 3 is 2.65 bits per heavy atom. The average molecular weight is 258 g/mol. The van der Waals surface area contributed by atoms with Crippen molar-refractivity contribution < 1.29 is 9.53 Å². The first-order chi connectivity index (χ1) is 7.79. The average Bonchev–Trinajstić information content (AvgIpc) is 2.58. The molecule has 4 nitrogen and oxygen atoms in total. The van der Waals surface area contributed by atoms with E-state index in [1.54, 1.807) is 0 Å². The summed E-state index contributed by atoms with van der Waals surface area (Å²) in [7, 11) is 0. The van der Waals surface area contributed by atoms with Gasteiger partial charge in [-0.05, 0) is 40.5 Å². The van der Waals surface area contributed by atoms with Gasteiger partial charge in [0.2, 0.25) is 0 Å². The lowest BCUT2D eigenvalue weighted by Crippen LogP contribution is -2.42. The largest absolute Gasteiger partial charge is 0.444 e. The number of nitrogens with zero attached hydrogens (tertiary/aromatic N) is 1. The number of amides is 1. The third kappa shape index (κ3) is 4.89. The lowest BCUT2D eigenvalue weighted by Gasteiger charge is -2.25. The molecule has 17 heavy (non-hydrogen) atoms. The van der Waals surface area contributed by atoms with E-state index in [1.165, 1.54) is 12.8 Å². The van der Waals surface area contributed by atoms with Crippen molar-refractivity contribution in [2.75, 3.05) is 13.1 Å². The minimum atomic E-state index is -0.466. The second kappa shape index (κ2) is 5.67. The van der Waals surface area contributed by atoms with Gasteiger partial charge in [-0.15, -0.1) is 0 Å². The van der Waals surface area contributed by atoms with Crippen LogP contribution in [0.15, 0.2) is 0 Å². The van der Waals surface area contributed by atoms with E-state index in [1.807, 2.05) is 20.8 Å². The maximum Gasteiger partial charge on any atom is 0.408 e. The fraction of sp³-hybridized carbons (Fsp3) is 0.833. The van der Waals surface area contributed by atoms with Crippen molar-refractivity contribution in [3.63, 3.8) is 0 Å². The van der Waals surface area contributed by atoms with Gasteiger partial charge in [0, 0.05) is 12.6 Å².